The van der Waals surface area contributed by atoms with Gasteiger partial charge < -0.3 is 20.1 Å². The molecule has 0 radical (unpaired) electrons. The molecule has 1 fully saturated rings. The summed E-state index contributed by atoms with van der Waals surface area (Å²) >= 11 is 0. The Hall–Kier alpha value is -4.22. The van der Waals surface area contributed by atoms with Gasteiger partial charge in [0.25, 0.3) is 17.4 Å². The van der Waals surface area contributed by atoms with Crippen LogP contribution < -0.4 is 10.9 Å². The third kappa shape index (κ3) is 5.85. The first-order valence-electron chi connectivity index (χ1n) is 12.8. The molecule has 1 aromatic heterocycles. The van der Waals surface area contributed by atoms with Crippen LogP contribution in [-0.4, -0.2) is 68.7 Å². The molecule has 3 amide bonds. The van der Waals surface area contributed by atoms with Gasteiger partial charge in [0, 0.05) is 25.2 Å². The smallest absolute Gasteiger partial charge is 0.338 e. The average Bonchev–Trinajstić information content (AvgIpc) is 2.89. The van der Waals surface area contributed by atoms with E-state index < -0.39 is 40.7 Å². The van der Waals surface area contributed by atoms with E-state index in [2.05, 4.69) is 15.3 Å². The summed E-state index contributed by atoms with van der Waals surface area (Å²) in [6, 6.07) is 9.82. The first-order chi connectivity index (χ1) is 18.7. The Morgan fingerprint density at radius 1 is 1.02 bits per heavy atom. The number of rotatable bonds is 5. The molecule has 2 N–H and O–H groups in total. The van der Waals surface area contributed by atoms with Crippen molar-refractivity contribution in [3.8, 4) is 0 Å². The minimum absolute atomic E-state index is 0.112. The molecule has 0 bridgehead atoms. The number of para-hydroxylation sites is 2. The van der Waals surface area contributed by atoms with E-state index in [1.807, 2.05) is 0 Å². The van der Waals surface area contributed by atoms with Crippen LogP contribution >= 0.6 is 0 Å². The molecule has 0 spiro atoms. The lowest BCUT2D eigenvalue weighted by atomic mass is 9.95. The number of alkyl halides is 3. The van der Waals surface area contributed by atoms with Crippen LogP contribution in [0.25, 0.3) is 11.0 Å². The molecule has 9 nitrogen and oxygen atoms in total. The van der Waals surface area contributed by atoms with Crippen molar-refractivity contribution in [2.45, 2.75) is 45.5 Å². The Labute approximate surface area is 228 Å². The second-order valence-electron chi connectivity index (χ2n) is 10.7. The SMILES string of the molecule is CC(C)[C@H](NC(=O)c1nc2ccccc2[nH]c1=O)C(=O)N1CCN(C(=O)c2ccc(C(F)(F)F)cc2)C(C)(C)C1. The Morgan fingerprint density at radius 3 is 2.27 bits per heavy atom. The monoisotopic (exact) mass is 557 g/mol. The number of aromatic nitrogens is 2. The van der Waals surface area contributed by atoms with Gasteiger partial charge in [-0.15, -0.1) is 0 Å². The van der Waals surface area contributed by atoms with Gasteiger partial charge in [-0.3, -0.25) is 19.2 Å². The van der Waals surface area contributed by atoms with Crippen molar-refractivity contribution in [3.05, 3.63) is 75.7 Å². The van der Waals surface area contributed by atoms with Gasteiger partial charge >= 0.3 is 6.18 Å². The maximum Gasteiger partial charge on any atom is 0.416 e. The number of halogens is 3. The predicted octanol–water partition coefficient (Wildman–Crippen LogP) is 3.46. The zero-order valence-electron chi connectivity index (χ0n) is 22.5. The van der Waals surface area contributed by atoms with Gasteiger partial charge in [0.1, 0.15) is 6.04 Å². The van der Waals surface area contributed by atoms with E-state index in [0.29, 0.717) is 11.0 Å². The largest absolute Gasteiger partial charge is 0.416 e. The number of aromatic amines is 1. The lowest BCUT2D eigenvalue weighted by molar-refractivity contribution is -0.138. The number of amides is 3. The fraction of sp³-hybridized carbons (Fsp3) is 0.393. The van der Waals surface area contributed by atoms with Crippen molar-refractivity contribution in [1.82, 2.24) is 25.1 Å². The van der Waals surface area contributed by atoms with Gasteiger partial charge in [-0.05, 0) is 56.2 Å². The van der Waals surface area contributed by atoms with Gasteiger partial charge in [0.15, 0.2) is 5.69 Å². The van der Waals surface area contributed by atoms with Crippen molar-refractivity contribution >= 4 is 28.8 Å². The second-order valence-corrected chi connectivity index (χ2v) is 10.7. The standard InChI is InChI=1S/C28H30F3N5O4/c1-16(2)21(34-24(38)22-23(37)33-20-8-6-5-7-19(20)32-22)26(40)35-13-14-36(27(3,4)15-35)25(39)17-9-11-18(12-10-17)28(29,30)31/h5-12,16,21H,13-15H2,1-4H3,(H,33,37)(H,34,38)/t21-/m0/s1. The number of benzene rings is 2. The number of nitrogens with zero attached hydrogens (tertiary/aromatic N) is 3. The Morgan fingerprint density at radius 2 is 1.68 bits per heavy atom. The summed E-state index contributed by atoms with van der Waals surface area (Å²) in [5.41, 5.74) is -1.72. The van der Waals surface area contributed by atoms with Gasteiger partial charge in [-0.2, -0.15) is 13.2 Å². The van der Waals surface area contributed by atoms with Crippen LogP contribution in [-0.2, 0) is 11.0 Å². The number of hydrogen-bond acceptors (Lipinski definition) is 5. The zero-order valence-corrected chi connectivity index (χ0v) is 22.5. The highest BCUT2D eigenvalue weighted by atomic mass is 19.4. The molecule has 40 heavy (non-hydrogen) atoms. The van der Waals surface area contributed by atoms with Crippen molar-refractivity contribution < 1.29 is 27.6 Å². The van der Waals surface area contributed by atoms with Crippen LogP contribution in [0.15, 0.2) is 53.3 Å². The lowest BCUT2D eigenvalue weighted by Crippen LogP contribution is -2.64. The van der Waals surface area contributed by atoms with Crippen LogP contribution in [0, 0.1) is 5.92 Å². The van der Waals surface area contributed by atoms with Gasteiger partial charge in [-0.25, -0.2) is 4.98 Å². The summed E-state index contributed by atoms with van der Waals surface area (Å²) in [5, 5.41) is 2.65. The molecule has 1 aliphatic heterocycles. The van der Waals surface area contributed by atoms with Crippen molar-refractivity contribution in [2.75, 3.05) is 19.6 Å². The van der Waals surface area contributed by atoms with E-state index in [1.165, 1.54) is 4.90 Å². The van der Waals surface area contributed by atoms with E-state index >= 15 is 0 Å². The Balaban J connectivity index is 1.48. The molecule has 3 aromatic rings. The molecule has 0 unspecified atom stereocenters. The van der Waals surface area contributed by atoms with E-state index in [0.717, 1.165) is 24.3 Å². The summed E-state index contributed by atoms with van der Waals surface area (Å²) in [7, 11) is 0. The quantitative estimate of drug-likeness (QED) is 0.499. The van der Waals surface area contributed by atoms with E-state index in [-0.39, 0.29) is 42.7 Å². The third-order valence-corrected chi connectivity index (χ3v) is 6.95. The second kappa shape index (κ2) is 10.7. The van der Waals surface area contributed by atoms with Crippen LogP contribution in [0.2, 0.25) is 0 Å². The number of H-pyrrole nitrogens is 1. The van der Waals surface area contributed by atoms with Gasteiger partial charge in [0.05, 0.1) is 22.1 Å². The summed E-state index contributed by atoms with van der Waals surface area (Å²) in [5.74, 6) is -1.93. The number of carbonyl (C=O) groups is 3. The predicted molar refractivity (Wildman–Crippen MR) is 142 cm³/mol. The minimum Gasteiger partial charge on any atom is -0.338 e. The van der Waals surface area contributed by atoms with Crippen LogP contribution in [0.3, 0.4) is 0 Å². The molecule has 2 heterocycles. The molecule has 12 heteroatoms. The molecule has 1 saturated heterocycles. The van der Waals surface area contributed by atoms with E-state index in [4.69, 9.17) is 0 Å². The topological polar surface area (TPSA) is 115 Å². The number of hydrogen-bond donors (Lipinski definition) is 2. The van der Waals surface area contributed by atoms with Crippen molar-refractivity contribution in [2.24, 2.45) is 5.92 Å². The zero-order chi connectivity index (χ0) is 29.4. The molecule has 4 rings (SSSR count). The summed E-state index contributed by atoms with van der Waals surface area (Å²) in [6.07, 6.45) is -4.51. The molecule has 1 atom stereocenters. The van der Waals surface area contributed by atoms with Gasteiger partial charge in [-0.1, -0.05) is 26.0 Å². The third-order valence-electron chi connectivity index (χ3n) is 6.95. The Kier molecular flexibility index (Phi) is 7.73. The first kappa shape index (κ1) is 28.8. The Bertz CT molecular complexity index is 1500. The average molecular weight is 558 g/mol. The summed E-state index contributed by atoms with van der Waals surface area (Å²) in [4.78, 5) is 62.1. The van der Waals surface area contributed by atoms with Crippen LogP contribution in [0.1, 0.15) is 54.1 Å². The molecule has 0 aliphatic carbocycles. The lowest BCUT2D eigenvalue weighted by Gasteiger charge is -2.48. The number of carbonyl (C=O) groups excluding carboxylic acids is 3. The molecular formula is C28H30F3N5O4. The highest BCUT2D eigenvalue weighted by Gasteiger charge is 2.41. The van der Waals surface area contributed by atoms with Crippen LogP contribution in [0.5, 0.6) is 0 Å². The summed E-state index contributed by atoms with van der Waals surface area (Å²) in [6.45, 7) is 7.47. The fourth-order valence-corrected chi connectivity index (χ4v) is 4.78. The number of piperazine rings is 1. The number of fused-ring (bicyclic) bond motifs is 1. The normalized spacial score (nSPS) is 16.2. The molecule has 1 aliphatic rings. The van der Waals surface area contributed by atoms with Crippen molar-refractivity contribution in [1.29, 1.82) is 0 Å². The summed E-state index contributed by atoms with van der Waals surface area (Å²) < 4.78 is 38.8. The van der Waals surface area contributed by atoms with Crippen LogP contribution in [0.4, 0.5) is 13.2 Å². The maximum absolute atomic E-state index is 13.6. The minimum atomic E-state index is -4.51. The highest BCUT2D eigenvalue weighted by molar-refractivity contribution is 5.97. The molecule has 212 valence electrons. The molecular weight excluding hydrogens is 527 g/mol. The highest BCUT2D eigenvalue weighted by Crippen LogP contribution is 2.30. The fourth-order valence-electron chi connectivity index (χ4n) is 4.78. The van der Waals surface area contributed by atoms with Gasteiger partial charge in [0.2, 0.25) is 5.91 Å². The first-order valence-corrected chi connectivity index (χ1v) is 12.8. The molecule has 2 aromatic carbocycles. The maximum atomic E-state index is 13.6. The van der Waals surface area contributed by atoms with Crippen molar-refractivity contribution in [3.63, 3.8) is 0 Å². The van der Waals surface area contributed by atoms with E-state index in [9.17, 15) is 32.3 Å². The van der Waals surface area contributed by atoms with E-state index in [1.54, 1.807) is 56.9 Å². The number of nitrogens with one attached hydrogen (secondary N) is 2. The molecule has 0 saturated carbocycles.